The molecule has 0 aromatic rings. The maximum Gasteiger partial charge on any atom is 0.0897 e. The Bertz CT molecular complexity index is 213. The average Bonchev–Trinajstić information content (AvgIpc) is 2.47. The number of aliphatic hydroxyl groups is 1. The summed E-state index contributed by atoms with van der Waals surface area (Å²) in [4.78, 5) is 0. The fourth-order valence-corrected chi connectivity index (χ4v) is 3.35. The molecule has 120 valence electrons. The third kappa shape index (κ3) is 10.00. The minimum Gasteiger partial charge on any atom is -0.389 e. The molecule has 1 fully saturated rings. The first-order valence-corrected chi connectivity index (χ1v) is 9.10. The van der Waals surface area contributed by atoms with Crippen molar-refractivity contribution >= 4 is 11.8 Å². The van der Waals surface area contributed by atoms with Gasteiger partial charge in [-0.25, -0.2) is 0 Å². The average molecular weight is 305 g/mol. The fourth-order valence-electron chi connectivity index (χ4n) is 2.15. The van der Waals surface area contributed by atoms with Crippen LogP contribution in [0, 0.1) is 5.92 Å². The Morgan fingerprint density at radius 2 is 1.95 bits per heavy atom. The first-order chi connectivity index (χ1) is 9.83. The summed E-state index contributed by atoms with van der Waals surface area (Å²) in [5, 5.41) is 13.1. The lowest BCUT2D eigenvalue weighted by atomic mass is 10.0. The van der Waals surface area contributed by atoms with Gasteiger partial charge in [-0.15, -0.1) is 0 Å². The van der Waals surface area contributed by atoms with E-state index in [9.17, 15) is 5.11 Å². The lowest BCUT2D eigenvalue weighted by Crippen LogP contribution is -2.34. The van der Waals surface area contributed by atoms with E-state index < -0.39 is 6.10 Å². The van der Waals surface area contributed by atoms with Crippen LogP contribution in [0.25, 0.3) is 0 Å². The van der Waals surface area contributed by atoms with Crippen molar-refractivity contribution in [2.75, 3.05) is 51.0 Å². The molecule has 0 aromatic carbocycles. The molecule has 0 spiro atoms. The molecule has 1 saturated heterocycles. The van der Waals surface area contributed by atoms with E-state index >= 15 is 0 Å². The zero-order valence-corrected chi connectivity index (χ0v) is 13.6. The monoisotopic (exact) mass is 305 g/mol. The second kappa shape index (κ2) is 12.9. The number of thioether (sulfide) groups is 1. The first-order valence-electron chi connectivity index (χ1n) is 7.95. The Morgan fingerprint density at radius 3 is 2.70 bits per heavy atom. The van der Waals surface area contributed by atoms with Crippen LogP contribution in [0.4, 0.5) is 0 Å². The third-order valence-corrected chi connectivity index (χ3v) is 4.53. The summed E-state index contributed by atoms with van der Waals surface area (Å²) in [7, 11) is 0. The second-order valence-electron chi connectivity index (χ2n) is 5.41. The smallest absolute Gasteiger partial charge is 0.0897 e. The molecule has 4 nitrogen and oxygen atoms in total. The molecule has 5 heteroatoms. The van der Waals surface area contributed by atoms with Gasteiger partial charge >= 0.3 is 0 Å². The molecule has 1 rings (SSSR count). The molecule has 1 atom stereocenters. The molecule has 0 saturated carbocycles. The van der Waals surface area contributed by atoms with Crippen LogP contribution >= 0.6 is 11.8 Å². The fraction of sp³-hybridized carbons (Fsp3) is 1.00. The third-order valence-electron chi connectivity index (χ3n) is 3.48. The van der Waals surface area contributed by atoms with Gasteiger partial charge in [0.15, 0.2) is 0 Å². The van der Waals surface area contributed by atoms with Gasteiger partial charge in [0.1, 0.15) is 0 Å². The molecule has 0 bridgehead atoms. The van der Waals surface area contributed by atoms with E-state index in [0.717, 1.165) is 31.9 Å². The van der Waals surface area contributed by atoms with Gasteiger partial charge in [-0.05, 0) is 43.2 Å². The molecule has 20 heavy (non-hydrogen) atoms. The minimum atomic E-state index is -0.413. The molecule has 0 radical (unpaired) electrons. The van der Waals surface area contributed by atoms with Crippen molar-refractivity contribution in [2.45, 2.75) is 38.7 Å². The Balaban J connectivity index is 1.83. The highest BCUT2D eigenvalue weighted by atomic mass is 32.2. The molecular weight excluding hydrogens is 274 g/mol. The molecule has 1 unspecified atom stereocenters. The summed E-state index contributed by atoms with van der Waals surface area (Å²) >= 11 is 2.05. The summed E-state index contributed by atoms with van der Waals surface area (Å²) in [6.07, 6.45) is 4.46. The predicted octanol–water partition coefficient (Wildman–Crippen LogP) is 1.91. The van der Waals surface area contributed by atoms with E-state index in [1.165, 1.54) is 24.3 Å². The van der Waals surface area contributed by atoms with Gasteiger partial charge in [-0.3, -0.25) is 0 Å². The highest BCUT2D eigenvalue weighted by molar-refractivity contribution is 7.99. The molecule has 0 amide bonds. The number of aliphatic hydroxyl groups excluding tert-OH is 1. The summed E-state index contributed by atoms with van der Waals surface area (Å²) in [5.74, 6) is 3.36. The van der Waals surface area contributed by atoms with Crippen molar-refractivity contribution in [2.24, 2.45) is 5.92 Å². The van der Waals surface area contributed by atoms with Crippen LogP contribution in [-0.2, 0) is 9.47 Å². The number of rotatable bonds is 12. The molecule has 1 aliphatic rings. The van der Waals surface area contributed by atoms with Gasteiger partial charge in [0.05, 0.1) is 25.9 Å². The largest absolute Gasteiger partial charge is 0.389 e. The number of hydrogen-bond acceptors (Lipinski definition) is 5. The summed E-state index contributed by atoms with van der Waals surface area (Å²) in [5.41, 5.74) is 0. The van der Waals surface area contributed by atoms with Crippen LogP contribution in [0.1, 0.15) is 32.6 Å². The van der Waals surface area contributed by atoms with Gasteiger partial charge in [-0.2, -0.15) is 11.8 Å². The topological polar surface area (TPSA) is 50.7 Å². The van der Waals surface area contributed by atoms with Gasteiger partial charge < -0.3 is 19.9 Å². The second-order valence-corrected chi connectivity index (χ2v) is 6.63. The van der Waals surface area contributed by atoms with Crippen LogP contribution < -0.4 is 5.32 Å². The SMILES string of the molecule is CCCCOCCOCC(O)CNCC1CCSCC1. The summed E-state index contributed by atoms with van der Waals surface area (Å²) < 4.78 is 10.8. The lowest BCUT2D eigenvalue weighted by molar-refractivity contribution is 0.00372. The Labute approximate surface area is 128 Å². The van der Waals surface area contributed by atoms with Crippen molar-refractivity contribution in [1.29, 1.82) is 0 Å². The van der Waals surface area contributed by atoms with E-state index in [1.807, 2.05) is 11.8 Å². The number of nitrogens with one attached hydrogen (secondary N) is 1. The highest BCUT2D eigenvalue weighted by Gasteiger charge is 2.13. The molecule has 2 N–H and O–H groups in total. The Hall–Kier alpha value is 0.190. The summed E-state index contributed by atoms with van der Waals surface area (Å²) in [6.45, 7) is 6.20. The van der Waals surface area contributed by atoms with Crippen LogP contribution in [0.2, 0.25) is 0 Å². The zero-order chi connectivity index (χ0) is 14.5. The zero-order valence-electron chi connectivity index (χ0n) is 12.8. The van der Waals surface area contributed by atoms with Crippen LogP contribution in [0.5, 0.6) is 0 Å². The summed E-state index contributed by atoms with van der Waals surface area (Å²) in [6, 6.07) is 0. The van der Waals surface area contributed by atoms with Crippen molar-refractivity contribution in [1.82, 2.24) is 5.32 Å². The Kier molecular flexibility index (Phi) is 11.8. The Morgan fingerprint density at radius 1 is 1.20 bits per heavy atom. The normalized spacial score (nSPS) is 18.3. The van der Waals surface area contributed by atoms with Crippen LogP contribution in [0.3, 0.4) is 0 Å². The molecule has 1 aliphatic heterocycles. The number of unbranched alkanes of at least 4 members (excludes halogenated alkanes) is 1. The molecule has 1 heterocycles. The van der Waals surface area contributed by atoms with E-state index in [2.05, 4.69) is 12.2 Å². The van der Waals surface area contributed by atoms with Gasteiger partial charge in [-0.1, -0.05) is 13.3 Å². The van der Waals surface area contributed by atoms with Crippen molar-refractivity contribution in [3.8, 4) is 0 Å². The van der Waals surface area contributed by atoms with E-state index in [0.29, 0.717) is 26.4 Å². The predicted molar refractivity (Wildman–Crippen MR) is 85.5 cm³/mol. The highest BCUT2D eigenvalue weighted by Crippen LogP contribution is 2.21. The van der Waals surface area contributed by atoms with Gasteiger partial charge in [0.25, 0.3) is 0 Å². The molecule has 0 aliphatic carbocycles. The lowest BCUT2D eigenvalue weighted by Gasteiger charge is -2.22. The van der Waals surface area contributed by atoms with Gasteiger partial charge in [0, 0.05) is 13.2 Å². The quantitative estimate of drug-likeness (QED) is 0.540. The van der Waals surface area contributed by atoms with E-state index in [1.54, 1.807) is 0 Å². The maximum absolute atomic E-state index is 9.79. The van der Waals surface area contributed by atoms with Crippen molar-refractivity contribution in [3.63, 3.8) is 0 Å². The van der Waals surface area contributed by atoms with E-state index in [-0.39, 0.29) is 0 Å². The number of hydrogen-bond donors (Lipinski definition) is 2. The number of ether oxygens (including phenoxy) is 2. The maximum atomic E-state index is 9.79. The van der Waals surface area contributed by atoms with Crippen LogP contribution in [0.15, 0.2) is 0 Å². The molecule has 0 aromatic heterocycles. The van der Waals surface area contributed by atoms with E-state index in [4.69, 9.17) is 9.47 Å². The minimum absolute atomic E-state index is 0.394. The molecular formula is C15H31NO3S. The van der Waals surface area contributed by atoms with Crippen molar-refractivity contribution in [3.05, 3.63) is 0 Å². The van der Waals surface area contributed by atoms with Gasteiger partial charge in [0.2, 0.25) is 0 Å². The first kappa shape index (κ1) is 18.2. The standard InChI is InChI=1S/C15H31NO3S/c1-2-3-6-18-7-8-19-13-15(17)12-16-11-14-4-9-20-10-5-14/h14-17H,2-13H2,1H3. The van der Waals surface area contributed by atoms with Crippen LogP contribution in [-0.4, -0.2) is 62.2 Å². The van der Waals surface area contributed by atoms with Crippen molar-refractivity contribution < 1.29 is 14.6 Å².